The molecule has 0 atom stereocenters. The van der Waals surface area contributed by atoms with Crippen molar-refractivity contribution in [3.63, 3.8) is 0 Å². The van der Waals surface area contributed by atoms with Crippen molar-refractivity contribution in [1.29, 1.82) is 0 Å². The Morgan fingerprint density at radius 3 is 2.57 bits per heavy atom. The number of aromatic amines is 1. The molecule has 0 radical (unpaired) electrons. The second kappa shape index (κ2) is 10.8. The maximum atomic E-state index is 13.2. The topological polar surface area (TPSA) is 175 Å². The van der Waals surface area contributed by atoms with Crippen molar-refractivity contribution in [2.45, 2.75) is 33.0 Å². The highest BCUT2D eigenvalue weighted by atomic mass is 16.6. The largest absolute Gasteiger partial charge is 0.444 e. The van der Waals surface area contributed by atoms with Crippen LogP contribution >= 0.6 is 0 Å². The van der Waals surface area contributed by atoms with E-state index < -0.39 is 41.7 Å². The molecule has 0 aliphatic carbocycles. The third-order valence-corrected chi connectivity index (χ3v) is 4.51. The van der Waals surface area contributed by atoms with Crippen molar-refractivity contribution < 1.29 is 23.9 Å². The number of nitrogens with one attached hydrogen (secondary N) is 2. The van der Waals surface area contributed by atoms with E-state index in [9.17, 15) is 19.2 Å². The molecular weight excluding hydrogens is 458 g/mol. The SMILES string of the molecule is CC(C)(C)OC(=O)N(CCN)CC(=O)n1c(NC(=O)OCc2ccccc2)nc2nc[nH]c2c1=O. The predicted octanol–water partition coefficient (Wildman–Crippen LogP) is 1.70. The molecule has 0 unspecified atom stereocenters. The van der Waals surface area contributed by atoms with Crippen LogP contribution in [0, 0.1) is 0 Å². The maximum Gasteiger partial charge on any atom is 0.414 e. The Labute approximate surface area is 200 Å². The molecule has 0 aliphatic rings. The van der Waals surface area contributed by atoms with E-state index in [1.165, 1.54) is 6.33 Å². The highest BCUT2D eigenvalue weighted by Crippen LogP contribution is 2.12. The average molecular weight is 486 g/mol. The van der Waals surface area contributed by atoms with Gasteiger partial charge in [-0.1, -0.05) is 30.3 Å². The zero-order chi connectivity index (χ0) is 25.6. The van der Waals surface area contributed by atoms with Gasteiger partial charge in [0.25, 0.3) is 11.5 Å². The summed E-state index contributed by atoms with van der Waals surface area (Å²) < 4.78 is 11.1. The van der Waals surface area contributed by atoms with Crippen molar-refractivity contribution >= 4 is 35.2 Å². The van der Waals surface area contributed by atoms with Gasteiger partial charge in [-0.2, -0.15) is 4.98 Å². The van der Waals surface area contributed by atoms with E-state index in [0.29, 0.717) is 4.57 Å². The number of anilines is 1. The summed E-state index contributed by atoms with van der Waals surface area (Å²) in [5.41, 5.74) is 4.64. The number of nitrogens with two attached hydrogens (primary N) is 1. The van der Waals surface area contributed by atoms with Crippen LogP contribution in [0.25, 0.3) is 11.2 Å². The molecule has 2 amide bonds. The highest BCUT2D eigenvalue weighted by Gasteiger charge is 2.27. The van der Waals surface area contributed by atoms with Gasteiger partial charge in [-0.25, -0.2) is 19.1 Å². The zero-order valence-electron chi connectivity index (χ0n) is 19.6. The normalized spacial score (nSPS) is 11.2. The number of hydrogen-bond donors (Lipinski definition) is 3. The molecule has 186 valence electrons. The van der Waals surface area contributed by atoms with Gasteiger partial charge >= 0.3 is 12.2 Å². The average Bonchev–Trinajstić information content (AvgIpc) is 3.26. The number of carbonyl (C=O) groups excluding carboxylic acids is 3. The van der Waals surface area contributed by atoms with Gasteiger partial charge in [0.2, 0.25) is 5.95 Å². The first kappa shape index (κ1) is 25.4. The van der Waals surface area contributed by atoms with E-state index in [1.54, 1.807) is 45.0 Å². The first-order valence-electron chi connectivity index (χ1n) is 10.7. The third kappa shape index (κ3) is 6.63. The summed E-state index contributed by atoms with van der Waals surface area (Å²) in [5, 5.41) is 2.31. The quantitative estimate of drug-likeness (QED) is 0.450. The fourth-order valence-electron chi connectivity index (χ4n) is 3.00. The Balaban J connectivity index is 1.86. The van der Waals surface area contributed by atoms with Gasteiger partial charge in [0, 0.05) is 13.1 Å². The van der Waals surface area contributed by atoms with Crippen molar-refractivity contribution in [3.05, 3.63) is 52.6 Å². The number of nitrogens with zero attached hydrogens (tertiary/aromatic N) is 4. The molecule has 3 aromatic rings. The second-order valence-corrected chi connectivity index (χ2v) is 8.45. The maximum absolute atomic E-state index is 13.2. The summed E-state index contributed by atoms with van der Waals surface area (Å²) in [6.07, 6.45) is -0.493. The Morgan fingerprint density at radius 2 is 1.91 bits per heavy atom. The number of benzene rings is 1. The van der Waals surface area contributed by atoms with Crippen LogP contribution in [0.5, 0.6) is 0 Å². The smallest absolute Gasteiger partial charge is 0.414 e. The fourth-order valence-corrected chi connectivity index (χ4v) is 3.00. The molecule has 2 aromatic heterocycles. The van der Waals surface area contributed by atoms with Crippen LogP contribution in [-0.4, -0.2) is 67.7 Å². The van der Waals surface area contributed by atoms with Crippen LogP contribution in [0.3, 0.4) is 0 Å². The van der Waals surface area contributed by atoms with Crippen molar-refractivity contribution in [1.82, 2.24) is 24.4 Å². The van der Waals surface area contributed by atoms with E-state index in [2.05, 4.69) is 20.3 Å². The third-order valence-electron chi connectivity index (χ3n) is 4.51. The number of hydrogen-bond acceptors (Lipinski definition) is 9. The number of amides is 2. The first-order chi connectivity index (χ1) is 16.6. The van der Waals surface area contributed by atoms with E-state index in [-0.39, 0.29) is 30.9 Å². The Bertz CT molecular complexity index is 1260. The standard InChI is InChI=1S/C22H27N7O6/c1-22(2,3)35-21(33)28(10-9-23)11-15(30)29-18(31)16-17(25-13-24-16)26-19(29)27-20(32)34-12-14-7-5-4-6-8-14/h4-8,13H,9-12,23H2,1-3H3,(H,24,25)(H,26,27,32). The minimum Gasteiger partial charge on any atom is -0.444 e. The van der Waals surface area contributed by atoms with Crippen molar-refractivity contribution in [3.8, 4) is 0 Å². The van der Waals surface area contributed by atoms with Crippen molar-refractivity contribution in [2.24, 2.45) is 5.73 Å². The molecule has 13 nitrogen and oxygen atoms in total. The zero-order valence-corrected chi connectivity index (χ0v) is 19.6. The molecule has 4 N–H and O–H groups in total. The monoisotopic (exact) mass is 485 g/mol. The molecular formula is C22H27N7O6. The van der Waals surface area contributed by atoms with E-state index >= 15 is 0 Å². The lowest BCUT2D eigenvalue weighted by molar-refractivity contribution is 0.0244. The molecule has 0 spiro atoms. The van der Waals surface area contributed by atoms with E-state index in [4.69, 9.17) is 15.2 Å². The summed E-state index contributed by atoms with van der Waals surface area (Å²) in [4.78, 5) is 62.8. The van der Waals surface area contributed by atoms with Crippen LogP contribution in [-0.2, 0) is 16.1 Å². The predicted molar refractivity (Wildman–Crippen MR) is 126 cm³/mol. The van der Waals surface area contributed by atoms with Gasteiger partial charge in [0.05, 0.1) is 6.33 Å². The molecule has 0 aliphatic heterocycles. The lowest BCUT2D eigenvalue weighted by Gasteiger charge is -2.26. The molecule has 3 rings (SSSR count). The number of ether oxygens (including phenoxy) is 2. The van der Waals surface area contributed by atoms with Crippen LogP contribution in [0.4, 0.5) is 15.5 Å². The first-order valence-corrected chi connectivity index (χ1v) is 10.7. The number of aromatic nitrogens is 4. The summed E-state index contributed by atoms with van der Waals surface area (Å²) in [6.45, 7) is 4.48. The summed E-state index contributed by atoms with van der Waals surface area (Å²) >= 11 is 0. The number of fused-ring (bicyclic) bond motifs is 1. The number of imidazole rings is 1. The number of carbonyl (C=O) groups is 3. The van der Waals surface area contributed by atoms with Gasteiger partial charge in [-0.05, 0) is 26.3 Å². The molecule has 13 heteroatoms. The minimum absolute atomic E-state index is 0.00296. The lowest BCUT2D eigenvalue weighted by Crippen LogP contribution is -2.45. The summed E-state index contributed by atoms with van der Waals surface area (Å²) in [5.74, 6) is -1.26. The van der Waals surface area contributed by atoms with E-state index in [0.717, 1.165) is 10.5 Å². The van der Waals surface area contributed by atoms with Gasteiger partial charge in [0.1, 0.15) is 18.8 Å². The molecule has 0 saturated carbocycles. The van der Waals surface area contributed by atoms with E-state index in [1.807, 2.05) is 6.07 Å². The van der Waals surface area contributed by atoms with Crippen LogP contribution in [0.15, 0.2) is 41.5 Å². The lowest BCUT2D eigenvalue weighted by atomic mass is 10.2. The summed E-state index contributed by atoms with van der Waals surface area (Å²) in [6, 6.07) is 8.94. The Morgan fingerprint density at radius 1 is 1.20 bits per heavy atom. The number of rotatable bonds is 7. The van der Waals surface area contributed by atoms with Crippen LogP contribution in [0.1, 0.15) is 31.1 Å². The van der Waals surface area contributed by atoms with Gasteiger partial charge in [0.15, 0.2) is 11.2 Å². The highest BCUT2D eigenvalue weighted by molar-refractivity contribution is 5.92. The van der Waals surface area contributed by atoms with Gasteiger partial charge < -0.3 is 20.2 Å². The Hall–Kier alpha value is -4.26. The molecule has 2 heterocycles. The fraction of sp³-hybridized carbons (Fsp3) is 0.364. The van der Waals surface area contributed by atoms with Gasteiger partial charge in [-0.15, -0.1) is 0 Å². The van der Waals surface area contributed by atoms with Crippen LogP contribution < -0.4 is 16.6 Å². The second-order valence-electron chi connectivity index (χ2n) is 8.45. The van der Waals surface area contributed by atoms with Crippen LogP contribution in [0.2, 0.25) is 0 Å². The minimum atomic E-state index is -0.942. The molecule has 0 fully saturated rings. The summed E-state index contributed by atoms with van der Waals surface area (Å²) in [7, 11) is 0. The number of H-pyrrole nitrogens is 1. The molecule has 0 saturated heterocycles. The van der Waals surface area contributed by atoms with Crippen molar-refractivity contribution in [2.75, 3.05) is 25.0 Å². The molecule has 35 heavy (non-hydrogen) atoms. The van der Waals surface area contributed by atoms with Gasteiger partial charge in [-0.3, -0.25) is 19.8 Å². The molecule has 1 aromatic carbocycles. The molecule has 0 bridgehead atoms. The Kier molecular flexibility index (Phi) is 7.81.